The van der Waals surface area contributed by atoms with Crippen LogP contribution in [-0.2, 0) is 7.05 Å². The molecule has 0 fully saturated rings. The number of benzene rings is 1. The smallest absolute Gasteiger partial charge is 0.141 e. The lowest BCUT2D eigenvalue weighted by Crippen LogP contribution is -2.13. The van der Waals surface area contributed by atoms with E-state index in [4.69, 9.17) is 17.3 Å². The second kappa shape index (κ2) is 4.23. The first kappa shape index (κ1) is 11.1. The van der Waals surface area contributed by atoms with E-state index in [2.05, 4.69) is 5.10 Å². The van der Waals surface area contributed by atoms with Crippen molar-refractivity contribution in [2.45, 2.75) is 6.04 Å². The minimum atomic E-state index is -0.446. The highest BCUT2D eigenvalue weighted by molar-refractivity contribution is 6.30. The highest BCUT2D eigenvalue weighted by Gasteiger charge is 2.13. The second-order valence-electron chi connectivity index (χ2n) is 3.57. The molecule has 1 aromatic carbocycles. The molecule has 0 aliphatic rings. The van der Waals surface area contributed by atoms with Crippen LogP contribution in [-0.4, -0.2) is 9.78 Å². The molecule has 5 heteroatoms. The molecule has 2 N–H and O–H groups in total. The molecule has 1 unspecified atom stereocenters. The summed E-state index contributed by atoms with van der Waals surface area (Å²) >= 11 is 5.69. The molecule has 0 aliphatic carbocycles. The van der Waals surface area contributed by atoms with Gasteiger partial charge in [-0.15, -0.1) is 0 Å². The molecule has 1 atom stereocenters. The lowest BCUT2D eigenvalue weighted by Gasteiger charge is -2.09. The van der Waals surface area contributed by atoms with E-state index < -0.39 is 5.82 Å². The zero-order chi connectivity index (χ0) is 11.7. The van der Waals surface area contributed by atoms with Crippen LogP contribution < -0.4 is 5.73 Å². The van der Waals surface area contributed by atoms with Gasteiger partial charge >= 0.3 is 0 Å². The number of nitrogens with two attached hydrogens (primary N) is 1. The van der Waals surface area contributed by atoms with Crippen molar-refractivity contribution in [3.63, 3.8) is 0 Å². The Balaban J connectivity index is 2.33. The van der Waals surface area contributed by atoms with Crippen LogP contribution in [0.3, 0.4) is 0 Å². The second-order valence-corrected chi connectivity index (χ2v) is 3.97. The maximum Gasteiger partial charge on any atom is 0.141 e. The number of halogens is 2. The molecule has 1 aromatic heterocycles. The summed E-state index contributed by atoms with van der Waals surface area (Å²) in [6.07, 6.45) is 1.81. The molecule has 2 rings (SSSR count). The first-order valence-corrected chi connectivity index (χ1v) is 5.16. The van der Waals surface area contributed by atoms with Gasteiger partial charge in [0.15, 0.2) is 0 Å². The molecule has 0 spiro atoms. The maximum atomic E-state index is 13.0. The van der Waals surface area contributed by atoms with E-state index in [9.17, 15) is 4.39 Å². The molecular formula is C11H11ClFN3. The van der Waals surface area contributed by atoms with Gasteiger partial charge in [-0.1, -0.05) is 17.7 Å². The summed E-state index contributed by atoms with van der Waals surface area (Å²) in [6.45, 7) is 0. The van der Waals surface area contributed by atoms with Gasteiger partial charge in [0.2, 0.25) is 0 Å². The molecule has 84 valence electrons. The molecular weight excluding hydrogens is 229 g/mol. The van der Waals surface area contributed by atoms with Crippen LogP contribution in [0.2, 0.25) is 5.02 Å². The molecule has 2 aromatic rings. The summed E-state index contributed by atoms with van der Waals surface area (Å²) in [5, 5.41) is 4.27. The lowest BCUT2D eigenvalue weighted by molar-refractivity contribution is 0.626. The third-order valence-electron chi connectivity index (χ3n) is 2.36. The Kier molecular flexibility index (Phi) is 2.94. The highest BCUT2D eigenvalue weighted by atomic mass is 35.5. The molecule has 0 saturated heterocycles. The highest BCUT2D eigenvalue weighted by Crippen LogP contribution is 2.23. The molecule has 0 bridgehead atoms. The average Bonchev–Trinajstić information content (AvgIpc) is 2.68. The fraction of sp³-hybridized carbons (Fsp3) is 0.182. The van der Waals surface area contributed by atoms with Crippen molar-refractivity contribution in [1.29, 1.82) is 0 Å². The van der Waals surface area contributed by atoms with E-state index in [1.165, 1.54) is 12.1 Å². The number of hydrogen-bond donors (Lipinski definition) is 1. The van der Waals surface area contributed by atoms with E-state index in [-0.39, 0.29) is 11.1 Å². The van der Waals surface area contributed by atoms with Crippen molar-refractivity contribution in [2.24, 2.45) is 12.8 Å². The molecule has 0 aliphatic heterocycles. The standard InChI is InChI=1S/C11H11ClFN3/c1-16-5-4-10(15-16)11(14)7-2-3-9(13)8(12)6-7/h2-6,11H,14H2,1H3. The van der Waals surface area contributed by atoms with Crippen LogP contribution in [0, 0.1) is 5.82 Å². The number of hydrogen-bond acceptors (Lipinski definition) is 2. The molecule has 16 heavy (non-hydrogen) atoms. The number of aryl methyl sites for hydroxylation is 1. The summed E-state index contributed by atoms with van der Waals surface area (Å²) in [4.78, 5) is 0. The Morgan fingerprint density at radius 2 is 2.19 bits per heavy atom. The van der Waals surface area contributed by atoms with E-state index in [1.807, 2.05) is 13.1 Å². The Morgan fingerprint density at radius 3 is 2.75 bits per heavy atom. The molecule has 0 radical (unpaired) electrons. The first-order valence-electron chi connectivity index (χ1n) is 4.78. The van der Waals surface area contributed by atoms with E-state index in [0.717, 1.165) is 11.3 Å². The van der Waals surface area contributed by atoms with Crippen molar-refractivity contribution >= 4 is 11.6 Å². The molecule has 1 heterocycles. The Morgan fingerprint density at radius 1 is 1.44 bits per heavy atom. The van der Waals surface area contributed by atoms with Crippen LogP contribution in [0.25, 0.3) is 0 Å². The van der Waals surface area contributed by atoms with Crippen LogP contribution in [0.15, 0.2) is 30.5 Å². The van der Waals surface area contributed by atoms with Gasteiger partial charge in [-0.05, 0) is 23.8 Å². The Bertz CT molecular complexity index is 510. The third-order valence-corrected chi connectivity index (χ3v) is 2.65. The topological polar surface area (TPSA) is 43.8 Å². The van der Waals surface area contributed by atoms with Crippen molar-refractivity contribution in [2.75, 3.05) is 0 Å². The largest absolute Gasteiger partial charge is 0.319 e. The number of rotatable bonds is 2. The van der Waals surface area contributed by atoms with Gasteiger partial charge in [-0.3, -0.25) is 4.68 Å². The number of aromatic nitrogens is 2. The van der Waals surface area contributed by atoms with Gasteiger partial charge < -0.3 is 5.73 Å². The van der Waals surface area contributed by atoms with E-state index >= 15 is 0 Å². The van der Waals surface area contributed by atoms with Crippen molar-refractivity contribution in [3.05, 3.63) is 52.6 Å². The van der Waals surface area contributed by atoms with Gasteiger partial charge in [-0.2, -0.15) is 5.10 Å². The minimum absolute atomic E-state index is 0.0730. The first-order chi connectivity index (χ1) is 7.58. The van der Waals surface area contributed by atoms with Crippen molar-refractivity contribution in [3.8, 4) is 0 Å². The number of nitrogens with zero attached hydrogens (tertiary/aromatic N) is 2. The molecule has 0 amide bonds. The average molecular weight is 240 g/mol. The van der Waals surface area contributed by atoms with Gasteiger partial charge in [0, 0.05) is 13.2 Å². The summed E-state index contributed by atoms with van der Waals surface area (Å²) in [5.74, 6) is -0.446. The monoisotopic (exact) mass is 239 g/mol. The fourth-order valence-electron chi connectivity index (χ4n) is 1.48. The van der Waals surface area contributed by atoms with E-state index in [0.29, 0.717) is 0 Å². The summed E-state index contributed by atoms with van der Waals surface area (Å²) in [5.41, 5.74) is 7.46. The van der Waals surface area contributed by atoms with Crippen LogP contribution in [0.5, 0.6) is 0 Å². The predicted molar refractivity (Wildman–Crippen MR) is 60.6 cm³/mol. The van der Waals surface area contributed by atoms with Crippen molar-refractivity contribution in [1.82, 2.24) is 9.78 Å². The van der Waals surface area contributed by atoms with Gasteiger partial charge in [0.05, 0.1) is 16.8 Å². The van der Waals surface area contributed by atoms with Crippen molar-refractivity contribution < 1.29 is 4.39 Å². The molecule has 3 nitrogen and oxygen atoms in total. The zero-order valence-corrected chi connectivity index (χ0v) is 9.45. The maximum absolute atomic E-state index is 13.0. The summed E-state index contributed by atoms with van der Waals surface area (Å²) in [6, 6.07) is 5.87. The Labute approximate surface area is 97.6 Å². The van der Waals surface area contributed by atoms with Crippen LogP contribution in [0.4, 0.5) is 4.39 Å². The van der Waals surface area contributed by atoms with Crippen LogP contribution in [0.1, 0.15) is 17.3 Å². The minimum Gasteiger partial charge on any atom is -0.319 e. The summed E-state index contributed by atoms with van der Waals surface area (Å²) in [7, 11) is 1.81. The predicted octanol–water partition coefficient (Wildman–Crippen LogP) is 2.26. The zero-order valence-electron chi connectivity index (χ0n) is 8.69. The SMILES string of the molecule is Cn1ccc(C(N)c2ccc(F)c(Cl)c2)n1. The normalized spacial score (nSPS) is 12.8. The Hall–Kier alpha value is -1.39. The quantitative estimate of drug-likeness (QED) is 0.874. The van der Waals surface area contributed by atoms with Crippen LogP contribution >= 0.6 is 11.6 Å². The molecule has 0 saturated carbocycles. The van der Waals surface area contributed by atoms with E-state index in [1.54, 1.807) is 16.9 Å². The van der Waals surface area contributed by atoms with Gasteiger partial charge in [0.1, 0.15) is 5.82 Å². The van der Waals surface area contributed by atoms with Gasteiger partial charge in [-0.25, -0.2) is 4.39 Å². The fourth-order valence-corrected chi connectivity index (χ4v) is 1.66. The summed E-state index contributed by atoms with van der Waals surface area (Å²) < 4.78 is 14.6. The lowest BCUT2D eigenvalue weighted by atomic mass is 10.1. The van der Waals surface area contributed by atoms with Gasteiger partial charge in [0.25, 0.3) is 0 Å². The third kappa shape index (κ3) is 2.08.